The minimum atomic E-state index is 0.369. The Kier molecular flexibility index (Phi) is 5.95. The molecular weight excluding hydrogens is 284 g/mol. The number of carbonyl (C=O) groups excluding carboxylic acids is 1. The van der Waals surface area contributed by atoms with Crippen molar-refractivity contribution in [2.75, 3.05) is 31.1 Å². The molecule has 3 heteroatoms. The Morgan fingerprint density at radius 2 is 1.65 bits per heavy atom. The number of benzene rings is 1. The second-order valence-corrected chi connectivity index (χ2v) is 7.10. The molecule has 2 fully saturated rings. The minimum absolute atomic E-state index is 0.369. The first kappa shape index (κ1) is 16.4. The van der Waals surface area contributed by atoms with Crippen LogP contribution in [0.25, 0.3) is 0 Å². The lowest BCUT2D eigenvalue weighted by Gasteiger charge is -2.36. The Hall–Kier alpha value is -1.51. The maximum Gasteiger partial charge on any atom is 0.222 e. The van der Waals surface area contributed by atoms with Crippen LogP contribution < -0.4 is 4.90 Å². The minimum Gasteiger partial charge on any atom is -0.368 e. The van der Waals surface area contributed by atoms with Gasteiger partial charge in [0.1, 0.15) is 0 Å². The molecule has 0 unspecified atom stereocenters. The number of nitrogens with zero attached hydrogens (tertiary/aromatic N) is 2. The van der Waals surface area contributed by atoms with E-state index in [0.29, 0.717) is 5.91 Å². The van der Waals surface area contributed by atoms with Gasteiger partial charge in [-0.25, -0.2) is 0 Å². The maximum atomic E-state index is 12.4. The van der Waals surface area contributed by atoms with E-state index in [9.17, 15) is 4.79 Å². The molecule has 1 aromatic rings. The number of anilines is 1. The molecule has 1 aliphatic carbocycles. The van der Waals surface area contributed by atoms with E-state index < -0.39 is 0 Å². The predicted octanol–water partition coefficient (Wildman–Crippen LogP) is 4.09. The highest BCUT2D eigenvalue weighted by Crippen LogP contribution is 2.27. The number of amides is 1. The number of hydrogen-bond acceptors (Lipinski definition) is 2. The highest BCUT2D eigenvalue weighted by molar-refractivity contribution is 5.76. The molecule has 0 aromatic heterocycles. The van der Waals surface area contributed by atoms with Crippen molar-refractivity contribution in [1.29, 1.82) is 0 Å². The van der Waals surface area contributed by atoms with Crippen LogP contribution in [0.5, 0.6) is 0 Å². The smallest absolute Gasteiger partial charge is 0.222 e. The Morgan fingerprint density at radius 1 is 0.957 bits per heavy atom. The normalized spacial score (nSPS) is 19.8. The molecule has 1 saturated heterocycles. The standard InChI is InChI=1S/C20H30N2O/c23-20(13-7-10-18-8-3-1-4-9-18)22-16-14-21(15-17-22)19-11-5-2-6-12-19/h2,5-6,11-12,18H,1,3-4,7-10,13-17H2. The second-order valence-electron chi connectivity index (χ2n) is 7.10. The van der Waals surface area contributed by atoms with E-state index in [1.54, 1.807) is 0 Å². The molecule has 0 spiro atoms. The Morgan fingerprint density at radius 3 is 2.35 bits per heavy atom. The third-order valence-electron chi connectivity index (χ3n) is 5.48. The van der Waals surface area contributed by atoms with Crippen LogP contribution in [0.4, 0.5) is 5.69 Å². The van der Waals surface area contributed by atoms with Crippen molar-refractivity contribution < 1.29 is 4.79 Å². The maximum absolute atomic E-state index is 12.4. The lowest BCUT2D eigenvalue weighted by Crippen LogP contribution is -2.48. The molecule has 1 aliphatic heterocycles. The van der Waals surface area contributed by atoms with Gasteiger partial charge in [0.25, 0.3) is 0 Å². The number of carbonyl (C=O) groups is 1. The lowest BCUT2D eigenvalue weighted by molar-refractivity contribution is -0.131. The van der Waals surface area contributed by atoms with E-state index in [4.69, 9.17) is 0 Å². The SMILES string of the molecule is O=C(CCCC1CCCCC1)N1CCN(c2ccccc2)CC1. The van der Waals surface area contributed by atoms with Crippen LogP contribution in [0.3, 0.4) is 0 Å². The Balaban J connectivity index is 1.36. The van der Waals surface area contributed by atoms with Crippen LogP contribution in [0.15, 0.2) is 30.3 Å². The Bertz CT molecular complexity index is 474. The summed E-state index contributed by atoms with van der Waals surface area (Å²) >= 11 is 0. The first-order chi connectivity index (χ1) is 11.3. The van der Waals surface area contributed by atoms with Crippen LogP contribution in [-0.2, 0) is 4.79 Å². The zero-order chi connectivity index (χ0) is 15.9. The van der Waals surface area contributed by atoms with Crippen molar-refractivity contribution in [1.82, 2.24) is 4.90 Å². The van der Waals surface area contributed by atoms with Gasteiger partial charge in [-0.2, -0.15) is 0 Å². The van der Waals surface area contributed by atoms with Gasteiger partial charge in [-0.1, -0.05) is 50.3 Å². The zero-order valence-corrected chi connectivity index (χ0v) is 14.3. The molecule has 0 radical (unpaired) electrons. The van der Waals surface area contributed by atoms with Gasteiger partial charge >= 0.3 is 0 Å². The molecule has 0 bridgehead atoms. The predicted molar refractivity (Wildman–Crippen MR) is 95.7 cm³/mol. The van der Waals surface area contributed by atoms with Crippen molar-refractivity contribution in [3.8, 4) is 0 Å². The zero-order valence-electron chi connectivity index (χ0n) is 14.3. The van der Waals surface area contributed by atoms with Crippen LogP contribution in [-0.4, -0.2) is 37.0 Å². The molecule has 2 aliphatic rings. The number of hydrogen-bond donors (Lipinski definition) is 0. The van der Waals surface area contributed by atoms with Gasteiger partial charge in [0, 0.05) is 38.3 Å². The third kappa shape index (κ3) is 4.73. The van der Waals surface area contributed by atoms with Gasteiger partial charge in [-0.15, -0.1) is 0 Å². The summed E-state index contributed by atoms with van der Waals surface area (Å²) < 4.78 is 0. The van der Waals surface area contributed by atoms with Crippen molar-refractivity contribution in [2.24, 2.45) is 5.92 Å². The van der Waals surface area contributed by atoms with E-state index in [2.05, 4.69) is 40.1 Å². The van der Waals surface area contributed by atoms with Crippen LogP contribution in [0.2, 0.25) is 0 Å². The van der Waals surface area contributed by atoms with E-state index in [1.165, 1.54) is 44.2 Å². The van der Waals surface area contributed by atoms with Gasteiger partial charge < -0.3 is 9.80 Å². The van der Waals surface area contributed by atoms with Crippen molar-refractivity contribution in [2.45, 2.75) is 51.4 Å². The van der Waals surface area contributed by atoms with E-state index >= 15 is 0 Å². The molecule has 126 valence electrons. The summed E-state index contributed by atoms with van der Waals surface area (Å²) in [5.41, 5.74) is 1.27. The fourth-order valence-electron chi connectivity index (χ4n) is 4.03. The molecule has 1 saturated carbocycles. The number of rotatable bonds is 5. The second kappa shape index (κ2) is 8.37. The fraction of sp³-hybridized carbons (Fsp3) is 0.650. The monoisotopic (exact) mass is 314 g/mol. The molecule has 0 N–H and O–H groups in total. The van der Waals surface area contributed by atoms with E-state index in [1.807, 2.05) is 0 Å². The molecular formula is C20H30N2O. The quantitative estimate of drug-likeness (QED) is 0.817. The highest BCUT2D eigenvalue weighted by Gasteiger charge is 2.21. The summed E-state index contributed by atoms with van der Waals surface area (Å²) in [6, 6.07) is 10.5. The average Bonchev–Trinajstić information content (AvgIpc) is 2.63. The van der Waals surface area contributed by atoms with Crippen molar-refractivity contribution >= 4 is 11.6 Å². The Labute approximate surface area is 140 Å². The van der Waals surface area contributed by atoms with E-state index in [0.717, 1.165) is 44.9 Å². The summed E-state index contributed by atoms with van der Waals surface area (Å²) in [6.45, 7) is 3.66. The molecule has 1 heterocycles. The molecule has 23 heavy (non-hydrogen) atoms. The van der Waals surface area contributed by atoms with Crippen LogP contribution >= 0.6 is 0 Å². The van der Waals surface area contributed by atoms with Gasteiger partial charge in [-0.05, 0) is 30.9 Å². The molecule has 1 amide bonds. The van der Waals surface area contributed by atoms with Crippen molar-refractivity contribution in [3.63, 3.8) is 0 Å². The largest absolute Gasteiger partial charge is 0.368 e. The summed E-state index contributed by atoms with van der Waals surface area (Å²) in [5, 5.41) is 0. The summed E-state index contributed by atoms with van der Waals surface area (Å²) in [5.74, 6) is 1.26. The summed E-state index contributed by atoms with van der Waals surface area (Å²) in [7, 11) is 0. The van der Waals surface area contributed by atoms with Crippen LogP contribution in [0.1, 0.15) is 51.4 Å². The molecule has 0 atom stereocenters. The summed E-state index contributed by atoms with van der Waals surface area (Å²) in [4.78, 5) is 16.8. The van der Waals surface area contributed by atoms with Gasteiger partial charge in [0.05, 0.1) is 0 Å². The number of piperazine rings is 1. The third-order valence-corrected chi connectivity index (χ3v) is 5.48. The lowest BCUT2D eigenvalue weighted by atomic mass is 9.86. The molecule has 1 aromatic carbocycles. The molecule has 3 nitrogen and oxygen atoms in total. The number of para-hydroxylation sites is 1. The molecule has 3 rings (SSSR count). The van der Waals surface area contributed by atoms with Gasteiger partial charge in [-0.3, -0.25) is 4.79 Å². The highest BCUT2D eigenvalue weighted by atomic mass is 16.2. The van der Waals surface area contributed by atoms with Gasteiger partial charge in [0.2, 0.25) is 5.91 Å². The van der Waals surface area contributed by atoms with E-state index in [-0.39, 0.29) is 0 Å². The first-order valence-electron chi connectivity index (χ1n) is 9.41. The van der Waals surface area contributed by atoms with Crippen molar-refractivity contribution in [3.05, 3.63) is 30.3 Å². The summed E-state index contributed by atoms with van der Waals surface area (Å²) in [6.07, 6.45) is 10.1. The van der Waals surface area contributed by atoms with Crippen LogP contribution in [0, 0.1) is 5.92 Å². The first-order valence-corrected chi connectivity index (χ1v) is 9.41. The average molecular weight is 314 g/mol. The van der Waals surface area contributed by atoms with Gasteiger partial charge in [0.15, 0.2) is 0 Å². The topological polar surface area (TPSA) is 23.6 Å². The fourth-order valence-corrected chi connectivity index (χ4v) is 4.03.